The van der Waals surface area contributed by atoms with Crippen molar-refractivity contribution < 1.29 is 14.3 Å². The highest BCUT2D eigenvalue weighted by atomic mass is 32.1. The van der Waals surface area contributed by atoms with Gasteiger partial charge in [-0.2, -0.15) is 0 Å². The van der Waals surface area contributed by atoms with E-state index in [4.69, 9.17) is 4.74 Å². The zero-order valence-corrected chi connectivity index (χ0v) is 17.0. The fraction of sp³-hybridized carbons (Fsp3) is 0.263. The number of pyridine rings is 1. The molecule has 1 unspecified atom stereocenters. The van der Waals surface area contributed by atoms with Crippen LogP contribution in [-0.4, -0.2) is 42.9 Å². The van der Waals surface area contributed by atoms with Gasteiger partial charge in [-0.1, -0.05) is 0 Å². The number of nitrogens with one attached hydrogen (secondary N) is 2. The molecule has 0 saturated heterocycles. The minimum absolute atomic E-state index is 0.272. The van der Waals surface area contributed by atoms with E-state index < -0.39 is 18.0 Å². The molecule has 4 rings (SSSR count). The molecule has 0 fully saturated rings. The molecule has 0 bridgehead atoms. The molecule has 10 heteroatoms. The summed E-state index contributed by atoms with van der Waals surface area (Å²) in [7, 11) is 0. The molecule has 0 aliphatic heterocycles. The SMILES string of the molecule is Cc1cc(C)c2c(C)c(C(=O)OC(C)C(=O)Nc3ncnc4nc[nH]c34)sc2n1. The van der Waals surface area contributed by atoms with Gasteiger partial charge < -0.3 is 15.0 Å². The fourth-order valence-corrected chi connectivity index (χ4v) is 4.35. The number of nitrogens with zero attached hydrogens (tertiary/aromatic N) is 4. The number of aryl methyl sites for hydroxylation is 3. The Morgan fingerprint density at radius 1 is 1.21 bits per heavy atom. The molecular formula is C19H18N6O3S. The van der Waals surface area contributed by atoms with Crippen molar-refractivity contribution in [2.75, 3.05) is 5.32 Å². The average Bonchev–Trinajstić information content (AvgIpc) is 3.26. The first kappa shape index (κ1) is 18.9. The van der Waals surface area contributed by atoms with Gasteiger partial charge in [0.15, 0.2) is 17.6 Å². The number of aromatic nitrogens is 5. The third-order valence-electron chi connectivity index (χ3n) is 4.53. The molecule has 148 valence electrons. The molecule has 0 saturated carbocycles. The third kappa shape index (κ3) is 3.42. The predicted molar refractivity (Wildman–Crippen MR) is 109 cm³/mol. The van der Waals surface area contributed by atoms with Crippen molar-refractivity contribution in [2.24, 2.45) is 0 Å². The largest absolute Gasteiger partial charge is 0.448 e. The summed E-state index contributed by atoms with van der Waals surface area (Å²) in [5.74, 6) is -0.787. The molecule has 0 aliphatic carbocycles. The Bertz CT molecular complexity index is 1260. The van der Waals surface area contributed by atoms with Gasteiger partial charge in [-0.15, -0.1) is 11.3 Å². The lowest BCUT2D eigenvalue weighted by Crippen LogP contribution is -2.30. The van der Waals surface area contributed by atoms with Crippen LogP contribution in [0.2, 0.25) is 0 Å². The standard InChI is InChI=1S/C19H18N6O3S/c1-8-5-9(2)24-18-12(8)10(3)14(29-18)19(27)28-11(4)17(26)25-16-13-15(21-6-20-13)22-7-23-16/h5-7,11H,1-4H3,(H2,20,21,22,23,25,26). The highest BCUT2D eigenvalue weighted by molar-refractivity contribution is 7.20. The van der Waals surface area contributed by atoms with E-state index in [-0.39, 0.29) is 5.82 Å². The quantitative estimate of drug-likeness (QED) is 0.496. The van der Waals surface area contributed by atoms with Crippen molar-refractivity contribution in [2.45, 2.75) is 33.8 Å². The van der Waals surface area contributed by atoms with Crippen molar-refractivity contribution in [3.63, 3.8) is 0 Å². The first-order valence-corrected chi connectivity index (χ1v) is 9.70. The Balaban J connectivity index is 1.53. The summed E-state index contributed by atoms with van der Waals surface area (Å²) in [5, 5.41) is 3.59. The van der Waals surface area contributed by atoms with Gasteiger partial charge in [-0.25, -0.2) is 24.7 Å². The smallest absolute Gasteiger partial charge is 0.349 e. The summed E-state index contributed by atoms with van der Waals surface area (Å²) < 4.78 is 5.41. The van der Waals surface area contributed by atoms with E-state index in [1.54, 1.807) is 0 Å². The van der Waals surface area contributed by atoms with Crippen LogP contribution in [0.1, 0.15) is 33.4 Å². The van der Waals surface area contributed by atoms with Crippen LogP contribution in [0.4, 0.5) is 5.82 Å². The van der Waals surface area contributed by atoms with Crippen LogP contribution in [0, 0.1) is 20.8 Å². The Morgan fingerprint density at radius 3 is 2.79 bits per heavy atom. The highest BCUT2D eigenvalue weighted by Gasteiger charge is 2.24. The number of aromatic amines is 1. The first-order chi connectivity index (χ1) is 13.8. The molecule has 0 aliphatic rings. The maximum Gasteiger partial charge on any atom is 0.349 e. The highest BCUT2D eigenvalue weighted by Crippen LogP contribution is 2.32. The van der Waals surface area contributed by atoms with Crippen LogP contribution in [0.5, 0.6) is 0 Å². The number of thiophene rings is 1. The lowest BCUT2D eigenvalue weighted by molar-refractivity contribution is -0.123. The van der Waals surface area contributed by atoms with E-state index in [2.05, 4.69) is 30.2 Å². The van der Waals surface area contributed by atoms with Crippen LogP contribution in [0.25, 0.3) is 21.4 Å². The molecule has 4 heterocycles. The molecule has 1 amide bonds. The fourth-order valence-electron chi connectivity index (χ4n) is 3.16. The van der Waals surface area contributed by atoms with E-state index in [0.29, 0.717) is 16.0 Å². The summed E-state index contributed by atoms with van der Waals surface area (Å²) in [5.41, 5.74) is 3.68. The number of hydrogen-bond acceptors (Lipinski definition) is 8. The van der Waals surface area contributed by atoms with Crippen LogP contribution in [-0.2, 0) is 9.53 Å². The molecule has 0 spiro atoms. The maximum atomic E-state index is 12.7. The van der Waals surface area contributed by atoms with Crippen molar-refractivity contribution in [3.05, 3.63) is 40.4 Å². The monoisotopic (exact) mass is 410 g/mol. The zero-order chi connectivity index (χ0) is 20.7. The van der Waals surface area contributed by atoms with Crippen LogP contribution < -0.4 is 5.32 Å². The van der Waals surface area contributed by atoms with Crippen LogP contribution in [0.3, 0.4) is 0 Å². The number of hydrogen-bond donors (Lipinski definition) is 2. The minimum atomic E-state index is -1.02. The summed E-state index contributed by atoms with van der Waals surface area (Å²) in [6.07, 6.45) is 1.74. The van der Waals surface area contributed by atoms with Crippen molar-refractivity contribution in [1.29, 1.82) is 0 Å². The Labute approximate surface area is 169 Å². The van der Waals surface area contributed by atoms with Gasteiger partial charge in [0, 0.05) is 11.1 Å². The Morgan fingerprint density at radius 2 is 2.00 bits per heavy atom. The number of imidazole rings is 1. The van der Waals surface area contributed by atoms with Gasteiger partial charge in [-0.05, 0) is 44.9 Å². The number of anilines is 1. The van der Waals surface area contributed by atoms with Gasteiger partial charge in [0.2, 0.25) is 0 Å². The van der Waals surface area contributed by atoms with Gasteiger partial charge in [0.25, 0.3) is 5.91 Å². The van der Waals surface area contributed by atoms with Gasteiger partial charge in [0.1, 0.15) is 21.6 Å². The normalized spacial score (nSPS) is 12.3. The van der Waals surface area contributed by atoms with Gasteiger partial charge in [0.05, 0.1) is 6.33 Å². The van der Waals surface area contributed by atoms with Crippen molar-refractivity contribution >= 4 is 50.4 Å². The topological polar surface area (TPSA) is 123 Å². The summed E-state index contributed by atoms with van der Waals surface area (Å²) >= 11 is 1.27. The van der Waals surface area contributed by atoms with E-state index in [1.807, 2.05) is 26.8 Å². The number of rotatable bonds is 4. The van der Waals surface area contributed by atoms with Gasteiger partial charge in [-0.3, -0.25) is 4.79 Å². The lowest BCUT2D eigenvalue weighted by atomic mass is 10.1. The molecule has 29 heavy (non-hydrogen) atoms. The second kappa shape index (κ2) is 7.21. The molecule has 4 aromatic rings. The number of ether oxygens (including phenoxy) is 1. The number of fused-ring (bicyclic) bond motifs is 2. The summed E-state index contributed by atoms with van der Waals surface area (Å²) in [6.45, 7) is 7.27. The summed E-state index contributed by atoms with van der Waals surface area (Å²) in [4.78, 5) is 45.9. The van der Waals surface area contributed by atoms with E-state index in [0.717, 1.165) is 27.0 Å². The number of amides is 1. The predicted octanol–water partition coefficient (Wildman–Crippen LogP) is 3.07. The maximum absolute atomic E-state index is 12.7. The van der Waals surface area contributed by atoms with Crippen molar-refractivity contribution in [1.82, 2.24) is 24.9 Å². The Kier molecular flexibility index (Phi) is 4.71. The third-order valence-corrected chi connectivity index (χ3v) is 5.69. The van der Waals surface area contributed by atoms with E-state index >= 15 is 0 Å². The molecule has 0 radical (unpaired) electrons. The molecule has 2 N–H and O–H groups in total. The van der Waals surface area contributed by atoms with E-state index in [1.165, 1.54) is 30.9 Å². The summed E-state index contributed by atoms with van der Waals surface area (Å²) in [6, 6.07) is 1.98. The zero-order valence-electron chi connectivity index (χ0n) is 16.2. The molecule has 9 nitrogen and oxygen atoms in total. The second-order valence-corrected chi connectivity index (χ2v) is 7.68. The number of carbonyl (C=O) groups is 2. The van der Waals surface area contributed by atoms with Crippen LogP contribution in [0.15, 0.2) is 18.7 Å². The van der Waals surface area contributed by atoms with Crippen LogP contribution >= 0.6 is 11.3 Å². The number of carbonyl (C=O) groups excluding carboxylic acids is 2. The van der Waals surface area contributed by atoms with Gasteiger partial charge >= 0.3 is 5.97 Å². The average molecular weight is 410 g/mol. The molecule has 4 aromatic heterocycles. The lowest BCUT2D eigenvalue weighted by Gasteiger charge is -2.13. The first-order valence-electron chi connectivity index (χ1n) is 8.88. The van der Waals surface area contributed by atoms with Crippen molar-refractivity contribution in [3.8, 4) is 0 Å². The molecule has 0 aromatic carbocycles. The molecule has 1 atom stereocenters. The number of esters is 1. The van der Waals surface area contributed by atoms with E-state index in [9.17, 15) is 9.59 Å². The number of H-pyrrole nitrogens is 1. The molecular weight excluding hydrogens is 392 g/mol. The Hall–Kier alpha value is -3.40. The second-order valence-electron chi connectivity index (χ2n) is 6.68. The minimum Gasteiger partial charge on any atom is -0.448 e.